The number of aromatic nitrogens is 2. The maximum absolute atomic E-state index is 12.2. The van der Waals surface area contributed by atoms with Crippen LogP contribution in [0.15, 0.2) is 23.7 Å². The first-order valence-corrected chi connectivity index (χ1v) is 8.68. The van der Waals surface area contributed by atoms with E-state index in [-0.39, 0.29) is 24.1 Å². The Hall–Kier alpha value is -2.19. The first-order valence-electron chi connectivity index (χ1n) is 7.80. The quantitative estimate of drug-likeness (QED) is 0.888. The highest BCUT2D eigenvalue weighted by Gasteiger charge is 2.28. The van der Waals surface area contributed by atoms with E-state index in [2.05, 4.69) is 32.0 Å². The van der Waals surface area contributed by atoms with Crippen LogP contribution >= 0.6 is 11.3 Å². The largest absolute Gasteiger partial charge is 0.371 e. The van der Waals surface area contributed by atoms with Crippen molar-refractivity contribution < 1.29 is 9.53 Å². The molecule has 0 bridgehead atoms. The van der Waals surface area contributed by atoms with Crippen LogP contribution in [0.2, 0.25) is 0 Å². The summed E-state index contributed by atoms with van der Waals surface area (Å²) >= 11 is 1.74. The molecule has 2 amide bonds. The Kier molecular flexibility index (Phi) is 4.96. The van der Waals surface area contributed by atoms with E-state index >= 15 is 0 Å². The van der Waals surface area contributed by atoms with Gasteiger partial charge in [-0.15, -0.1) is 11.3 Å². The van der Waals surface area contributed by atoms with E-state index in [9.17, 15) is 4.79 Å². The normalized spacial score (nSPS) is 17.7. The smallest absolute Gasteiger partial charge is 0.321 e. The van der Waals surface area contributed by atoms with E-state index in [4.69, 9.17) is 4.74 Å². The lowest BCUT2D eigenvalue weighted by molar-refractivity contribution is 0.0238. The minimum atomic E-state index is -0.343. The highest BCUT2D eigenvalue weighted by molar-refractivity contribution is 7.10. The van der Waals surface area contributed by atoms with Gasteiger partial charge in [0.2, 0.25) is 5.95 Å². The van der Waals surface area contributed by atoms with E-state index in [1.165, 1.54) is 10.4 Å². The number of nitrogens with one attached hydrogen (secondary N) is 2. The lowest BCUT2D eigenvalue weighted by atomic mass is 10.0. The maximum Gasteiger partial charge on any atom is 0.321 e. The van der Waals surface area contributed by atoms with Crippen molar-refractivity contribution in [1.82, 2.24) is 15.3 Å². The number of amides is 2. The zero-order chi connectivity index (χ0) is 17.1. The van der Waals surface area contributed by atoms with Gasteiger partial charge in [0.25, 0.3) is 0 Å². The SMILES string of the molecule is C[C@@H](NC(=O)Nc1nccc(N(C)C)n1)[C@@H]1OCCc2sccc21. The van der Waals surface area contributed by atoms with Gasteiger partial charge in [-0.05, 0) is 30.0 Å². The van der Waals surface area contributed by atoms with Gasteiger partial charge in [0.1, 0.15) is 11.9 Å². The predicted octanol–water partition coefficient (Wildman–Crippen LogP) is 2.43. The van der Waals surface area contributed by atoms with Crippen LogP contribution in [-0.4, -0.2) is 42.7 Å². The molecule has 0 aromatic carbocycles. The molecule has 3 heterocycles. The lowest BCUT2D eigenvalue weighted by Gasteiger charge is -2.29. The van der Waals surface area contributed by atoms with Crippen LogP contribution in [0.1, 0.15) is 23.5 Å². The zero-order valence-corrected chi connectivity index (χ0v) is 14.8. The van der Waals surface area contributed by atoms with E-state index in [1.807, 2.05) is 25.9 Å². The van der Waals surface area contributed by atoms with E-state index in [0.29, 0.717) is 6.61 Å². The number of carbonyl (C=O) groups excluding carboxylic acids is 1. The summed E-state index contributed by atoms with van der Waals surface area (Å²) in [4.78, 5) is 23.8. The monoisotopic (exact) mass is 347 g/mol. The van der Waals surface area contributed by atoms with Crippen LogP contribution in [0, 0.1) is 0 Å². The van der Waals surface area contributed by atoms with E-state index in [0.717, 1.165) is 12.2 Å². The topological polar surface area (TPSA) is 79.4 Å². The summed E-state index contributed by atoms with van der Waals surface area (Å²) in [6.07, 6.45) is 2.43. The van der Waals surface area contributed by atoms with Crippen molar-refractivity contribution in [3.05, 3.63) is 34.2 Å². The number of rotatable bonds is 4. The Morgan fingerprint density at radius 1 is 1.46 bits per heavy atom. The molecule has 128 valence electrons. The number of urea groups is 1. The summed E-state index contributed by atoms with van der Waals surface area (Å²) in [7, 11) is 3.76. The molecule has 1 aliphatic heterocycles. The second kappa shape index (κ2) is 7.14. The molecule has 0 saturated carbocycles. The van der Waals surface area contributed by atoms with Crippen LogP contribution in [0.25, 0.3) is 0 Å². The van der Waals surface area contributed by atoms with Gasteiger partial charge in [0.15, 0.2) is 0 Å². The summed E-state index contributed by atoms with van der Waals surface area (Å²) in [6, 6.07) is 3.35. The molecule has 0 saturated heterocycles. The molecule has 3 rings (SSSR count). The summed E-state index contributed by atoms with van der Waals surface area (Å²) in [6.45, 7) is 2.62. The summed E-state index contributed by atoms with van der Waals surface area (Å²) in [5.41, 5.74) is 1.17. The maximum atomic E-state index is 12.2. The number of fused-ring (bicyclic) bond motifs is 1. The second-order valence-electron chi connectivity index (χ2n) is 5.86. The summed E-state index contributed by atoms with van der Waals surface area (Å²) < 4.78 is 5.85. The Balaban J connectivity index is 1.62. The fourth-order valence-electron chi connectivity index (χ4n) is 2.67. The summed E-state index contributed by atoms with van der Waals surface area (Å²) in [5, 5.41) is 7.66. The molecule has 24 heavy (non-hydrogen) atoms. The van der Waals surface area contributed by atoms with Gasteiger partial charge >= 0.3 is 6.03 Å². The van der Waals surface area contributed by atoms with Gasteiger partial charge in [-0.25, -0.2) is 9.78 Å². The third-order valence-corrected chi connectivity index (χ3v) is 4.85. The number of hydrogen-bond acceptors (Lipinski definition) is 6. The molecule has 8 heteroatoms. The van der Waals surface area contributed by atoms with Crippen molar-refractivity contribution in [2.24, 2.45) is 0 Å². The molecular weight excluding hydrogens is 326 g/mol. The molecular formula is C16H21N5O2S. The number of thiophene rings is 1. The van der Waals surface area contributed by atoms with Gasteiger partial charge in [0.05, 0.1) is 12.6 Å². The van der Waals surface area contributed by atoms with Gasteiger partial charge < -0.3 is 15.0 Å². The molecule has 2 atom stereocenters. The van der Waals surface area contributed by atoms with Crippen molar-refractivity contribution in [1.29, 1.82) is 0 Å². The third-order valence-electron chi connectivity index (χ3n) is 3.85. The number of hydrogen-bond donors (Lipinski definition) is 2. The van der Waals surface area contributed by atoms with Crippen LogP contribution in [0.3, 0.4) is 0 Å². The Morgan fingerprint density at radius 3 is 3.08 bits per heavy atom. The fourth-order valence-corrected chi connectivity index (χ4v) is 3.57. The standard InChI is InChI=1S/C16H21N5O2S/c1-10(14-11-6-9-24-12(11)5-8-23-14)18-16(22)20-15-17-7-4-13(19-15)21(2)3/h4,6-7,9-10,14H,5,8H2,1-3H3,(H2,17,18,19,20,22)/t10-,14+/m1/s1. The highest BCUT2D eigenvalue weighted by atomic mass is 32.1. The number of ether oxygens (including phenoxy) is 1. The van der Waals surface area contributed by atoms with Crippen LogP contribution in [-0.2, 0) is 11.2 Å². The Morgan fingerprint density at radius 2 is 2.29 bits per heavy atom. The van der Waals surface area contributed by atoms with Crippen molar-refractivity contribution >= 4 is 29.1 Å². The highest BCUT2D eigenvalue weighted by Crippen LogP contribution is 2.33. The molecule has 2 aromatic heterocycles. The first-order chi connectivity index (χ1) is 11.5. The van der Waals surface area contributed by atoms with Gasteiger partial charge in [-0.1, -0.05) is 0 Å². The Bertz CT molecular complexity index is 718. The van der Waals surface area contributed by atoms with Crippen molar-refractivity contribution in [3.8, 4) is 0 Å². The third kappa shape index (κ3) is 3.65. The minimum Gasteiger partial charge on any atom is -0.371 e. The number of nitrogens with zero attached hydrogens (tertiary/aromatic N) is 3. The fraction of sp³-hybridized carbons (Fsp3) is 0.438. The van der Waals surface area contributed by atoms with Gasteiger partial charge in [-0.2, -0.15) is 4.98 Å². The van der Waals surface area contributed by atoms with E-state index in [1.54, 1.807) is 23.6 Å². The van der Waals surface area contributed by atoms with Gasteiger partial charge in [-0.3, -0.25) is 5.32 Å². The average molecular weight is 347 g/mol. The van der Waals surface area contributed by atoms with E-state index < -0.39 is 0 Å². The lowest BCUT2D eigenvalue weighted by Crippen LogP contribution is -2.41. The van der Waals surface area contributed by atoms with Crippen molar-refractivity contribution in [2.45, 2.75) is 25.5 Å². The van der Waals surface area contributed by atoms with Crippen LogP contribution in [0.4, 0.5) is 16.6 Å². The molecule has 0 fully saturated rings. The number of anilines is 2. The molecule has 0 aliphatic carbocycles. The molecule has 0 radical (unpaired) electrons. The van der Waals surface area contributed by atoms with Gasteiger partial charge in [0, 0.05) is 31.6 Å². The van der Waals surface area contributed by atoms with Crippen molar-refractivity contribution in [3.63, 3.8) is 0 Å². The molecule has 2 N–H and O–H groups in total. The zero-order valence-electron chi connectivity index (χ0n) is 13.9. The first kappa shape index (κ1) is 16.7. The molecule has 2 aromatic rings. The average Bonchev–Trinajstić information content (AvgIpc) is 3.03. The number of carbonyl (C=O) groups is 1. The second-order valence-corrected chi connectivity index (χ2v) is 6.86. The predicted molar refractivity (Wildman–Crippen MR) is 94.7 cm³/mol. The van der Waals surface area contributed by atoms with Crippen LogP contribution in [0.5, 0.6) is 0 Å². The van der Waals surface area contributed by atoms with Crippen molar-refractivity contribution in [2.75, 3.05) is 30.9 Å². The molecule has 0 spiro atoms. The summed E-state index contributed by atoms with van der Waals surface area (Å²) in [5.74, 6) is 0.999. The minimum absolute atomic E-state index is 0.125. The molecule has 7 nitrogen and oxygen atoms in total. The molecule has 1 aliphatic rings. The molecule has 0 unspecified atom stereocenters. The van der Waals surface area contributed by atoms with Crippen LogP contribution < -0.4 is 15.5 Å². The Labute approximate surface area is 145 Å².